The molecule has 0 unspecified atom stereocenters. The normalized spacial score (nSPS) is 21.4. The lowest BCUT2D eigenvalue weighted by molar-refractivity contribution is -0.0295. The molecule has 1 aliphatic rings. The van der Waals surface area contributed by atoms with Gasteiger partial charge in [0.1, 0.15) is 0 Å². The van der Waals surface area contributed by atoms with Crippen LogP contribution in [0.25, 0.3) is 0 Å². The Balaban J connectivity index is 2.18. The molecular weight excluding hydrogens is 137 g/mol. The van der Waals surface area contributed by atoms with Crippen molar-refractivity contribution in [3.05, 3.63) is 0 Å². The third kappa shape index (κ3) is 1.67. The number of halogens is 1. The SMILES string of the molecule is O=C(F)NCC1(O)CCC1. The van der Waals surface area contributed by atoms with Crippen molar-refractivity contribution in [1.29, 1.82) is 0 Å². The lowest BCUT2D eigenvalue weighted by Crippen LogP contribution is -2.46. The number of nitrogens with one attached hydrogen (secondary N) is 1. The third-order valence-electron chi connectivity index (χ3n) is 1.84. The van der Waals surface area contributed by atoms with Crippen LogP contribution >= 0.6 is 0 Å². The van der Waals surface area contributed by atoms with Crippen molar-refractivity contribution in [2.75, 3.05) is 6.54 Å². The lowest BCUT2D eigenvalue weighted by atomic mass is 9.80. The Morgan fingerprint density at radius 2 is 2.30 bits per heavy atom. The highest BCUT2D eigenvalue weighted by atomic mass is 19.1. The summed E-state index contributed by atoms with van der Waals surface area (Å²) in [6.07, 6.45) is 0.708. The van der Waals surface area contributed by atoms with Crippen molar-refractivity contribution in [2.24, 2.45) is 0 Å². The molecule has 0 saturated heterocycles. The molecule has 1 rings (SSSR count). The molecule has 0 atom stereocenters. The maximum Gasteiger partial charge on any atom is 0.397 e. The van der Waals surface area contributed by atoms with Crippen LogP contribution in [-0.2, 0) is 0 Å². The van der Waals surface area contributed by atoms with Gasteiger partial charge in [-0.15, -0.1) is 4.39 Å². The lowest BCUT2D eigenvalue weighted by Gasteiger charge is -2.36. The second kappa shape index (κ2) is 2.54. The minimum Gasteiger partial charge on any atom is -0.388 e. The van der Waals surface area contributed by atoms with Gasteiger partial charge in [0.25, 0.3) is 0 Å². The fraction of sp³-hybridized carbons (Fsp3) is 0.833. The van der Waals surface area contributed by atoms with Crippen LogP contribution in [0.1, 0.15) is 19.3 Å². The summed E-state index contributed by atoms with van der Waals surface area (Å²) in [4.78, 5) is 9.74. The molecule has 2 N–H and O–H groups in total. The molecule has 0 aromatic heterocycles. The zero-order valence-corrected chi connectivity index (χ0v) is 5.56. The van der Waals surface area contributed by atoms with E-state index < -0.39 is 11.8 Å². The molecule has 0 bridgehead atoms. The van der Waals surface area contributed by atoms with E-state index in [-0.39, 0.29) is 6.54 Å². The van der Waals surface area contributed by atoms with Gasteiger partial charge in [0.05, 0.1) is 5.60 Å². The van der Waals surface area contributed by atoms with Gasteiger partial charge in [-0.25, -0.2) is 4.79 Å². The summed E-state index contributed by atoms with van der Waals surface area (Å²) in [7, 11) is 0. The minimum atomic E-state index is -1.57. The van der Waals surface area contributed by atoms with Gasteiger partial charge in [-0.05, 0) is 19.3 Å². The summed E-state index contributed by atoms with van der Waals surface area (Å²) in [5.74, 6) is 0. The van der Waals surface area contributed by atoms with Crippen molar-refractivity contribution in [1.82, 2.24) is 5.32 Å². The maximum absolute atomic E-state index is 11.5. The number of hydrogen-bond donors (Lipinski definition) is 2. The Hall–Kier alpha value is -0.640. The van der Waals surface area contributed by atoms with E-state index in [1.807, 2.05) is 5.32 Å². The first-order valence-corrected chi connectivity index (χ1v) is 3.28. The molecule has 1 aliphatic carbocycles. The van der Waals surface area contributed by atoms with Gasteiger partial charge < -0.3 is 10.4 Å². The van der Waals surface area contributed by atoms with Crippen molar-refractivity contribution < 1.29 is 14.3 Å². The van der Waals surface area contributed by atoms with Gasteiger partial charge in [0.2, 0.25) is 0 Å². The van der Waals surface area contributed by atoms with Crippen LogP contribution in [0, 0.1) is 0 Å². The number of rotatable bonds is 2. The molecule has 0 aliphatic heterocycles. The van der Waals surface area contributed by atoms with Crippen molar-refractivity contribution in [3.8, 4) is 0 Å². The number of amides is 1. The number of aliphatic hydroxyl groups is 1. The zero-order valence-electron chi connectivity index (χ0n) is 5.56. The Morgan fingerprint density at radius 3 is 2.60 bits per heavy atom. The molecule has 10 heavy (non-hydrogen) atoms. The molecular formula is C6H10FNO2. The summed E-state index contributed by atoms with van der Waals surface area (Å²) in [6.45, 7) is 0.0440. The predicted molar refractivity (Wildman–Crippen MR) is 33.3 cm³/mol. The first-order chi connectivity index (χ1) is 4.62. The van der Waals surface area contributed by atoms with E-state index in [0.717, 1.165) is 6.42 Å². The second-order valence-electron chi connectivity index (χ2n) is 2.71. The van der Waals surface area contributed by atoms with E-state index in [0.29, 0.717) is 12.8 Å². The molecule has 1 saturated carbocycles. The second-order valence-corrected chi connectivity index (χ2v) is 2.71. The molecule has 3 nitrogen and oxygen atoms in total. The fourth-order valence-electron chi connectivity index (χ4n) is 0.996. The number of carbonyl (C=O) groups is 1. The summed E-state index contributed by atoms with van der Waals surface area (Å²) in [5, 5.41) is 11.2. The van der Waals surface area contributed by atoms with Gasteiger partial charge >= 0.3 is 6.16 Å². The standard InChI is InChI=1S/C6H10FNO2/c7-5(9)8-4-6(10)2-1-3-6/h10H,1-4H2,(H,8,9). The van der Waals surface area contributed by atoms with Gasteiger partial charge in [0, 0.05) is 6.54 Å². The molecule has 0 spiro atoms. The molecule has 0 radical (unpaired) electrons. The van der Waals surface area contributed by atoms with Gasteiger partial charge in [-0.2, -0.15) is 0 Å². The summed E-state index contributed by atoms with van der Waals surface area (Å²) in [6, 6.07) is 0. The van der Waals surface area contributed by atoms with Crippen LogP contribution in [0.5, 0.6) is 0 Å². The summed E-state index contributed by atoms with van der Waals surface area (Å²) < 4.78 is 11.5. The molecule has 0 aromatic rings. The van der Waals surface area contributed by atoms with Crippen LogP contribution in [0.3, 0.4) is 0 Å². The van der Waals surface area contributed by atoms with Gasteiger partial charge in [0.15, 0.2) is 0 Å². The predicted octanol–water partition coefficient (Wildman–Crippen LogP) is 0.581. The van der Waals surface area contributed by atoms with Crippen LogP contribution in [0.2, 0.25) is 0 Å². The number of carbonyl (C=O) groups excluding carboxylic acids is 1. The van der Waals surface area contributed by atoms with Crippen LogP contribution in [0.15, 0.2) is 0 Å². The molecule has 4 heteroatoms. The average molecular weight is 147 g/mol. The van der Waals surface area contributed by atoms with Gasteiger partial charge in [-0.1, -0.05) is 0 Å². The third-order valence-corrected chi connectivity index (χ3v) is 1.84. The minimum absolute atomic E-state index is 0.0440. The van der Waals surface area contributed by atoms with Crippen LogP contribution in [-0.4, -0.2) is 23.4 Å². The van der Waals surface area contributed by atoms with E-state index in [4.69, 9.17) is 0 Å². The molecule has 1 fully saturated rings. The molecule has 0 heterocycles. The first kappa shape index (κ1) is 7.47. The Kier molecular flexibility index (Phi) is 1.89. The smallest absolute Gasteiger partial charge is 0.388 e. The molecule has 0 aromatic carbocycles. The Morgan fingerprint density at radius 1 is 1.70 bits per heavy atom. The maximum atomic E-state index is 11.5. The Bertz CT molecular complexity index is 145. The summed E-state index contributed by atoms with van der Waals surface area (Å²) >= 11 is 0. The largest absolute Gasteiger partial charge is 0.397 e. The zero-order chi connectivity index (χ0) is 7.61. The molecule has 1 amide bonds. The highest BCUT2D eigenvalue weighted by Gasteiger charge is 2.34. The first-order valence-electron chi connectivity index (χ1n) is 3.28. The average Bonchev–Trinajstić information content (AvgIpc) is 1.79. The van der Waals surface area contributed by atoms with E-state index in [1.54, 1.807) is 0 Å². The van der Waals surface area contributed by atoms with Crippen molar-refractivity contribution in [2.45, 2.75) is 24.9 Å². The van der Waals surface area contributed by atoms with Crippen molar-refractivity contribution in [3.63, 3.8) is 0 Å². The molecule has 58 valence electrons. The highest BCUT2D eigenvalue weighted by molar-refractivity contribution is 5.65. The van der Waals surface area contributed by atoms with Gasteiger partial charge in [-0.3, -0.25) is 0 Å². The van der Waals surface area contributed by atoms with E-state index >= 15 is 0 Å². The Labute approximate surface area is 58.2 Å². The monoisotopic (exact) mass is 147 g/mol. The van der Waals surface area contributed by atoms with E-state index in [9.17, 15) is 14.3 Å². The summed E-state index contributed by atoms with van der Waals surface area (Å²) in [5.41, 5.74) is -0.818. The quantitative estimate of drug-likeness (QED) is 0.443. The van der Waals surface area contributed by atoms with Crippen molar-refractivity contribution >= 4 is 6.16 Å². The highest BCUT2D eigenvalue weighted by Crippen LogP contribution is 2.30. The van der Waals surface area contributed by atoms with Crippen LogP contribution < -0.4 is 5.32 Å². The number of hydrogen-bond acceptors (Lipinski definition) is 2. The van der Waals surface area contributed by atoms with E-state index in [1.165, 1.54) is 0 Å². The van der Waals surface area contributed by atoms with E-state index in [2.05, 4.69) is 0 Å². The van der Waals surface area contributed by atoms with Crippen LogP contribution in [0.4, 0.5) is 9.18 Å². The fourth-order valence-corrected chi connectivity index (χ4v) is 0.996. The topological polar surface area (TPSA) is 49.3 Å².